The second-order valence-electron chi connectivity index (χ2n) is 6.75. The molecular weight excluding hydrogens is 369 g/mol. The van der Waals surface area contributed by atoms with Crippen molar-refractivity contribution in [2.45, 2.75) is 13.0 Å². The molecule has 0 atom stereocenters. The zero-order valence-corrected chi connectivity index (χ0v) is 15.5. The maximum atomic E-state index is 13.2. The van der Waals surface area contributed by atoms with E-state index in [1.54, 1.807) is 18.2 Å². The number of nitrogens with one attached hydrogen (secondary N) is 1. The molecule has 0 unspecified atom stereocenters. The Bertz CT molecular complexity index is 1160. The van der Waals surface area contributed by atoms with Crippen LogP contribution in [0.5, 0.6) is 5.75 Å². The number of H-pyrrole nitrogens is 1. The Hall–Kier alpha value is -3.73. The number of aromatic amines is 1. The third-order valence-corrected chi connectivity index (χ3v) is 4.74. The SMILES string of the molecule is O=CC(=O)c1c(Cc2ccc(F)cc2)[nH]c2ccc(OCc3ccccc3)cc12. The zero-order valence-electron chi connectivity index (χ0n) is 15.5. The van der Waals surface area contributed by atoms with Crippen molar-refractivity contribution in [3.63, 3.8) is 0 Å². The lowest BCUT2D eigenvalue weighted by Crippen LogP contribution is -2.04. The van der Waals surface area contributed by atoms with E-state index in [1.807, 2.05) is 42.5 Å². The molecule has 144 valence electrons. The number of fused-ring (bicyclic) bond motifs is 1. The summed E-state index contributed by atoms with van der Waals surface area (Å²) < 4.78 is 19.0. The second kappa shape index (κ2) is 8.10. The van der Waals surface area contributed by atoms with Crippen molar-refractivity contribution in [2.75, 3.05) is 0 Å². The van der Waals surface area contributed by atoms with E-state index in [0.717, 1.165) is 16.6 Å². The summed E-state index contributed by atoms with van der Waals surface area (Å²) >= 11 is 0. The molecule has 0 aliphatic carbocycles. The van der Waals surface area contributed by atoms with Crippen LogP contribution < -0.4 is 4.74 Å². The van der Waals surface area contributed by atoms with Gasteiger partial charge in [-0.15, -0.1) is 0 Å². The van der Waals surface area contributed by atoms with Gasteiger partial charge in [-0.05, 0) is 41.5 Å². The van der Waals surface area contributed by atoms with Gasteiger partial charge in [0.25, 0.3) is 0 Å². The minimum absolute atomic E-state index is 0.314. The van der Waals surface area contributed by atoms with Crippen molar-refractivity contribution in [3.8, 4) is 5.75 Å². The van der Waals surface area contributed by atoms with Gasteiger partial charge in [-0.25, -0.2) is 4.39 Å². The number of hydrogen-bond donors (Lipinski definition) is 1. The zero-order chi connectivity index (χ0) is 20.2. The molecule has 1 aromatic heterocycles. The van der Waals surface area contributed by atoms with E-state index in [-0.39, 0.29) is 5.82 Å². The number of rotatable bonds is 7. The topological polar surface area (TPSA) is 59.2 Å². The van der Waals surface area contributed by atoms with Gasteiger partial charge in [-0.3, -0.25) is 9.59 Å². The van der Waals surface area contributed by atoms with E-state index >= 15 is 0 Å². The molecule has 4 nitrogen and oxygen atoms in total. The smallest absolute Gasteiger partial charge is 0.227 e. The molecular formula is C24H18FNO3. The van der Waals surface area contributed by atoms with Gasteiger partial charge in [-0.2, -0.15) is 0 Å². The second-order valence-corrected chi connectivity index (χ2v) is 6.75. The average Bonchev–Trinajstić information content (AvgIpc) is 3.11. The molecule has 3 aromatic carbocycles. The molecule has 0 aliphatic rings. The molecule has 0 saturated carbocycles. The largest absolute Gasteiger partial charge is 0.489 e. The highest BCUT2D eigenvalue weighted by Crippen LogP contribution is 2.29. The van der Waals surface area contributed by atoms with Crippen molar-refractivity contribution >= 4 is 23.0 Å². The molecule has 0 bridgehead atoms. The van der Waals surface area contributed by atoms with E-state index in [9.17, 15) is 14.0 Å². The van der Waals surface area contributed by atoms with Gasteiger partial charge >= 0.3 is 0 Å². The van der Waals surface area contributed by atoms with Crippen LogP contribution in [-0.2, 0) is 17.8 Å². The average molecular weight is 387 g/mol. The highest BCUT2D eigenvalue weighted by molar-refractivity contribution is 6.37. The van der Waals surface area contributed by atoms with Crippen LogP contribution in [0, 0.1) is 5.82 Å². The van der Waals surface area contributed by atoms with Gasteiger partial charge in [0.1, 0.15) is 18.2 Å². The van der Waals surface area contributed by atoms with Crippen LogP contribution in [0.25, 0.3) is 10.9 Å². The Morgan fingerprint density at radius 3 is 2.45 bits per heavy atom. The van der Waals surface area contributed by atoms with Crippen molar-refractivity contribution in [1.82, 2.24) is 4.98 Å². The Labute approximate surface area is 166 Å². The number of benzene rings is 3. The van der Waals surface area contributed by atoms with Crippen LogP contribution in [-0.4, -0.2) is 17.1 Å². The Balaban J connectivity index is 1.68. The van der Waals surface area contributed by atoms with E-state index in [1.165, 1.54) is 12.1 Å². The molecule has 0 amide bonds. The number of ether oxygens (including phenoxy) is 1. The maximum Gasteiger partial charge on any atom is 0.227 e. The van der Waals surface area contributed by atoms with Gasteiger partial charge in [0.15, 0.2) is 6.29 Å². The van der Waals surface area contributed by atoms with Crippen molar-refractivity contribution in [3.05, 3.63) is 101 Å². The minimum atomic E-state index is -0.603. The predicted molar refractivity (Wildman–Crippen MR) is 109 cm³/mol. The summed E-state index contributed by atoms with van der Waals surface area (Å²) in [5.74, 6) is -0.322. The Morgan fingerprint density at radius 2 is 1.72 bits per heavy atom. The lowest BCUT2D eigenvalue weighted by molar-refractivity contribution is -0.104. The minimum Gasteiger partial charge on any atom is -0.489 e. The first kappa shape index (κ1) is 18.6. The number of Topliss-reactive ketones (excluding diaryl/α,β-unsaturated/α-hetero) is 1. The van der Waals surface area contributed by atoms with Gasteiger partial charge in [0, 0.05) is 23.0 Å². The van der Waals surface area contributed by atoms with Gasteiger partial charge in [0.05, 0.1) is 5.56 Å². The normalized spacial score (nSPS) is 10.8. The van der Waals surface area contributed by atoms with Gasteiger partial charge in [-0.1, -0.05) is 42.5 Å². The number of ketones is 1. The number of carbonyl (C=O) groups is 2. The number of carbonyl (C=O) groups excluding carboxylic acids is 2. The lowest BCUT2D eigenvalue weighted by atomic mass is 10.0. The lowest BCUT2D eigenvalue weighted by Gasteiger charge is -2.06. The summed E-state index contributed by atoms with van der Waals surface area (Å²) in [5.41, 5.74) is 3.54. The van der Waals surface area contributed by atoms with E-state index in [0.29, 0.717) is 41.7 Å². The molecule has 4 aromatic rings. The summed E-state index contributed by atoms with van der Waals surface area (Å²) in [6.45, 7) is 0.399. The van der Waals surface area contributed by atoms with Gasteiger partial charge < -0.3 is 9.72 Å². The molecule has 1 heterocycles. The summed E-state index contributed by atoms with van der Waals surface area (Å²) in [7, 11) is 0. The van der Waals surface area contributed by atoms with E-state index in [2.05, 4.69) is 4.98 Å². The van der Waals surface area contributed by atoms with Crippen LogP contribution in [0.15, 0.2) is 72.8 Å². The fourth-order valence-corrected chi connectivity index (χ4v) is 3.34. The quantitative estimate of drug-likeness (QED) is 0.280. The first-order valence-electron chi connectivity index (χ1n) is 9.19. The fraction of sp³-hybridized carbons (Fsp3) is 0.0833. The molecule has 5 heteroatoms. The third kappa shape index (κ3) is 4.09. The molecule has 0 aliphatic heterocycles. The summed E-state index contributed by atoms with van der Waals surface area (Å²) in [6.07, 6.45) is 0.693. The van der Waals surface area contributed by atoms with Gasteiger partial charge in [0.2, 0.25) is 5.78 Å². The molecule has 0 spiro atoms. The highest BCUT2D eigenvalue weighted by Gasteiger charge is 2.19. The monoisotopic (exact) mass is 387 g/mol. The molecule has 0 saturated heterocycles. The Kier molecular flexibility index (Phi) is 5.20. The molecule has 0 fully saturated rings. The molecule has 4 rings (SSSR count). The van der Waals surface area contributed by atoms with Crippen LogP contribution in [0.4, 0.5) is 4.39 Å². The predicted octanol–water partition coefficient (Wildman–Crippen LogP) is 4.86. The van der Waals surface area contributed by atoms with Crippen LogP contribution in [0.2, 0.25) is 0 Å². The summed E-state index contributed by atoms with van der Waals surface area (Å²) in [6, 6.07) is 21.2. The first-order chi connectivity index (χ1) is 14.1. The molecule has 0 radical (unpaired) electrons. The number of hydrogen-bond acceptors (Lipinski definition) is 3. The van der Waals surface area contributed by atoms with E-state index in [4.69, 9.17) is 4.74 Å². The van der Waals surface area contributed by atoms with E-state index < -0.39 is 5.78 Å². The van der Waals surface area contributed by atoms with Crippen molar-refractivity contribution in [2.24, 2.45) is 0 Å². The summed E-state index contributed by atoms with van der Waals surface area (Å²) in [4.78, 5) is 26.8. The molecule has 1 N–H and O–H groups in total. The van der Waals surface area contributed by atoms with Crippen molar-refractivity contribution < 1.29 is 18.7 Å². The van der Waals surface area contributed by atoms with Crippen molar-refractivity contribution in [1.29, 1.82) is 0 Å². The van der Waals surface area contributed by atoms with Crippen LogP contribution in [0.3, 0.4) is 0 Å². The number of halogens is 1. The highest BCUT2D eigenvalue weighted by atomic mass is 19.1. The summed E-state index contributed by atoms with van der Waals surface area (Å²) in [5, 5.41) is 0.629. The first-order valence-corrected chi connectivity index (χ1v) is 9.19. The number of aldehydes is 1. The Morgan fingerprint density at radius 1 is 0.966 bits per heavy atom. The molecule has 29 heavy (non-hydrogen) atoms. The van der Waals surface area contributed by atoms with Crippen LogP contribution >= 0.6 is 0 Å². The van der Waals surface area contributed by atoms with Crippen LogP contribution in [0.1, 0.15) is 27.2 Å². The maximum absolute atomic E-state index is 13.2. The third-order valence-electron chi connectivity index (χ3n) is 4.74. The number of aromatic nitrogens is 1. The fourth-order valence-electron chi connectivity index (χ4n) is 3.34. The standard InChI is InChI=1S/C24H18FNO3/c25-18-8-6-16(7-9-18)12-22-24(23(28)14-27)20-13-19(10-11-21(20)26-22)29-15-17-4-2-1-3-5-17/h1-11,13-14,26H,12,15H2.